The number of benzene rings is 1. The van der Waals surface area contributed by atoms with Crippen molar-refractivity contribution in [2.75, 3.05) is 18.5 Å². The Morgan fingerprint density at radius 1 is 1.24 bits per heavy atom. The lowest BCUT2D eigenvalue weighted by Crippen LogP contribution is -2.47. The summed E-state index contributed by atoms with van der Waals surface area (Å²) in [6.07, 6.45) is 3.50. The predicted molar refractivity (Wildman–Crippen MR) is 119 cm³/mol. The summed E-state index contributed by atoms with van der Waals surface area (Å²) in [6.45, 7) is 8.72. The third-order valence-electron chi connectivity index (χ3n) is 4.92. The molecule has 1 heterocycles. The number of thiocarbonyl (C=S) groups is 1. The van der Waals surface area contributed by atoms with Crippen LogP contribution in [0, 0.1) is 0 Å². The number of hydrogen-bond acceptors (Lipinski definition) is 4. The first-order chi connectivity index (χ1) is 13.9. The lowest BCUT2D eigenvalue weighted by Gasteiger charge is -2.37. The summed E-state index contributed by atoms with van der Waals surface area (Å²) in [5, 5.41) is 6.78. The number of unbranched alkanes of at least 4 members (excludes halogenated alkanes) is 2. The van der Waals surface area contributed by atoms with Crippen molar-refractivity contribution < 1.29 is 14.3 Å². The molecule has 1 aromatic rings. The van der Waals surface area contributed by atoms with E-state index >= 15 is 0 Å². The van der Waals surface area contributed by atoms with Gasteiger partial charge in [-0.15, -0.1) is 0 Å². The maximum Gasteiger partial charge on any atom is 0.338 e. The van der Waals surface area contributed by atoms with Crippen molar-refractivity contribution in [1.29, 1.82) is 0 Å². The van der Waals surface area contributed by atoms with Crippen molar-refractivity contribution in [1.82, 2.24) is 10.2 Å². The summed E-state index contributed by atoms with van der Waals surface area (Å²) in [4.78, 5) is 26.8. The third-order valence-corrected chi connectivity index (χ3v) is 5.26. The molecule has 0 bridgehead atoms. The number of nitrogens with one attached hydrogen (secondary N) is 2. The maximum absolute atomic E-state index is 12.7. The summed E-state index contributed by atoms with van der Waals surface area (Å²) < 4.78 is 5.30. The van der Waals surface area contributed by atoms with Crippen LogP contribution in [0.4, 0.5) is 5.69 Å². The van der Waals surface area contributed by atoms with E-state index in [1.165, 1.54) is 0 Å². The van der Waals surface area contributed by atoms with Crippen LogP contribution in [0.1, 0.15) is 65.0 Å². The monoisotopic (exact) mass is 417 g/mol. The number of amides is 1. The number of anilines is 1. The fourth-order valence-electron chi connectivity index (χ4n) is 3.44. The van der Waals surface area contributed by atoms with Gasteiger partial charge in [-0.2, -0.15) is 0 Å². The van der Waals surface area contributed by atoms with Crippen LogP contribution in [0.2, 0.25) is 0 Å². The van der Waals surface area contributed by atoms with E-state index in [0.29, 0.717) is 35.9 Å². The number of ether oxygens (including phenoxy) is 1. The third kappa shape index (κ3) is 5.79. The smallest absolute Gasteiger partial charge is 0.338 e. The maximum atomic E-state index is 12.7. The Balaban J connectivity index is 2.31. The molecule has 1 aromatic carbocycles. The summed E-state index contributed by atoms with van der Waals surface area (Å²) >= 11 is 5.51. The summed E-state index contributed by atoms with van der Waals surface area (Å²) in [6, 6.07) is 7.09. The van der Waals surface area contributed by atoms with Crippen LogP contribution in [0.25, 0.3) is 0 Å². The number of carbonyl (C=O) groups is 2. The highest BCUT2D eigenvalue weighted by molar-refractivity contribution is 7.80. The molecule has 0 saturated carbocycles. The van der Waals surface area contributed by atoms with E-state index in [-0.39, 0.29) is 11.9 Å². The Bertz CT molecular complexity index is 791. The molecule has 29 heavy (non-hydrogen) atoms. The van der Waals surface area contributed by atoms with Crippen molar-refractivity contribution in [3.8, 4) is 0 Å². The highest BCUT2D eigenvalue weighted by atomic mass is 32.1. The molecule has 7 heteroatoms. The molecule has 6 nitrogen and oxygen atoms in total. The zero-order valence-electron chi connectivity index (χ0n) is 17.7. The first-order valence-electron chi connectivity index (χ1n) is 10.3. The molecule has 1 amide bonds. The van der Waals surface area contributed by atoms with Gasteiger partial charge in [-0.3, -0.25) is 4.79 Å². The van der Waals surface area contributed by atoms with Crippen molar-refractivity contribution in [3.05, 3.63) is 41.1 Å². The highest BCUT2D eigenvalue weighted by Gasteiger charge is 2.34. The molecular formula is C22H31N3O3S. The minimum Gasteiger partial charge on any atom is -0.463 e. The predicted octanol–water partition coefficient (Wildman–Crippen LogP) is 4.29. The largest absolute Gasteiger partial charge is 0.463 e. The topological polar surface area (TPSA) is 70.7 Å². The van der Waals surface area contributed by atoms with Gasteiger partial charge in [-0.1, -0.05) is 31.9 Å². The number of allylic oxidation sites excluding steroid dienone is 1. The van der Waals surface area contributed by atoms with Crippen LogP contribution in [0.15, 0.2) is 35.5 Å². The quantitative estimate of drug-likeness (QED) is 0.355. The van der Waals surface area contributed by atoms with Gasteiger partial charge in [0.1, 0.15) is 0 Å². The number of carbonyl (C=O) groups excluding carboxylic acids is 2. The van der Waals surface area contributed by atoms with Crippen LogP contribution in [-0.4, -0.2) is 35.0 Å². The van der Waals surface area contributed by atoms with E-state index in [0.717, 1.165) is 30.5 Å². The van der Waals surface area contributed by atoms with E-state index in [9.17, 15) is 9.59 Å². The second-order valence-electron chi connectivity index (χ2n) is 6.98. The average molecular weight is 418 g/mol. The van der Waals surface area contributed by atoms with Gasteiger partial charge in [0, 0.05) is 24.4 Å². The fraction of sp³-hybridized carbons (Fsp3) is 0.500. The molecule has 0 radical (unpaired) electrons. The average Bonchev–Trinajstić information content (AvgIpc) is 2.68. The molecule has 1 aliphatic rings. The molecule has 0 spiro atoms. The molecule has 0 aromatic heterocycles. The van der Waals surface area contributed by atoms with Gasteiger partial charge in [0.25, 0.3) is 0 Å². The summed E-state index contributed by atoms with van der Waals surface area (Å²) in [5.74, 6) is -0.366. The molecule has 1 atom stereocenters. The van der Waals surface area contributed by atoms with Gasteiger partial charge in [-0.05, 0) is 57.1 Å². The summed E-state index contributed by atoms with van der Waals surface area (Å²) in [7, 11) is 0. The Morgan fingerprint density at radius 3 is 2.66 bits per heavy atom. The fourth-order valence-corrected chi connectivity index (χ4v) is 3.82. The molecule has 158 valence electrons. The first kappa shape index (κ1) is 22.9. The second-order valence-corrected chi connectivity index (χ2v) is 7.36. The van der Waals surface area contributed by atoms with Gasteiger partial charge < -0.3 is 20.3 Å². The molecule has 2 rings (SSSR count). The van der Waals surface area contributed by atoms with Crippen molar-refractivity contribution in [2.45, 2.75) is 59.4 Å². The molecular weight excluding hydrogens is 386 g/mol. The van der Waals surface area contributed by atoms with Crippen LogP contribution in [0.5, 0.6) is 0 Å². The molecule has 0 fully saturated rings. The van der Waals surface area contributed by atoms with Gasteiger partial charge in [0.2, 0.25) is 5.91 Å². The molecule has 0 saturated heterocycles. The Hall–Kier alpha value is -2.41. The molecule has 1 aliphatic heterocycles. The minimum atomic E-state index is -0.429. The second kappa shape index (κ2) is 11.0. The van der Waals surface area contributed by atoms with Gasteiger partial charge in [0.05, 0.1) is 18.2 Å². The van der Waals surface area contributed by atoms with E-state index in [1.807, 2.05) is 43.0 Å². The Labute approximate surface area is 178 Å². The first-order valence-corrected chi connectivity index (χ1v) is 10.7. The highest BCUT2D eigenvalue weighted by Crippen LogP contribution is 2.32. The minimum absolute atomic E-state index is 0.00257. The zero-order valence-corrected chi connectivity index (χ0v) is 18.5. The number of esters is 1. The normalized spacial score (nSPS) is 16.5. The molecule has 0 aliphatic carbocycles. The van der Waals surface area contributed by atoms with E-state index in [1.54, 1.807) is 6.92 Å². The van der Waals surface area contributed by atoms with Gasteiger partial charge >= 0.3 is 5.97 Å². The van der Waals surface area contributed by atoms with E-state index in [4.69, 9.17) is 17.0 Å². The van der Waals surface area contributed by atoms with Crippen LogP contribution >= 0.6 is 12.2 Å². The van der Waals surface area contributed by atoms with Crippen LogP contribution in [-0.2, 0) is 14.3 Å². The van der Waals surface area contributed by atoms with Crippen molar-refractivity contribution in [2.24, 2.45) is 0 Å². The van der Waals surface area contributed by atoms with Gasteiger partial charge in [-0.25, -0.2) is 4.79 Å². The molecule has 2 N–H and O–H groups in total. The SMILES string of the molecule is CCCCCC(=O)Nc1cccc([C@@H]2NC(=S)N(CC)C(C)=C2C(=O)OCC)c1. The van der Waals surface area contributed by atoms with Gasteiger partial charge in [0.15, 0.2) is 5.11 Å². The van der Waals surface area contributed by atoms with E-state index in [2.05, 4.69) is 17.6 Å². The van der Waals surface area contributed by atoms with Crippen molar-refractivity contribution >= 4 is 34.9 Å². The number of hydrogen-bond donors (Lipinski definition) is 2. The lowest BCUT2D eigenvalue weighted by molar-refractivity contribution is -0.139. The number of rotatable bonds is 9. The zero-order chi connectivity index (χ0) is 21.4. The Morgan fingerprint density at radius 2 is 2.00 bits per heavy atom. The Kier molecular flexibility index (Phi) is 8.64. The van der Waals surface area contributed by atoms with Crippen LogP contribution in [0.3, 0.4) is 0 Å². The van der Waals surface area contributed by atoms with Crippen LogP contribution < -0.4 is 10.6 Å². The molecule has 0 unspecified atom stereocenters. The number of nitrogens with zero attached hydrogens (tertiary/aromatic N) is 1. The lowest BCUT2D eigenvalue weighted by atomic mass is 9.94. The summed E-state index contributed by atoms with van der Waals surface area (Å²) in [5.41, 5.74) is 2.87. The van der Waals surface area contributed by atoms with E-state index < -0.39 is 6.04 Å². The van der Waals surface area contributed by atoms with Crippen molar-refractivity contribution in [3.63, 3.8) is 0 Å². The standard InChI is InChI=1S/C22H31N3O3S/c1-5-8-9-13-18(26)23-17-12-10-11-16(14-17)20-19(21(27)28-7-3)15(4)25(6-2)22(29)24-20/h10-12,14,20H,5-9,13H2,1-4H3,(H,23,26)(H,24,29)/t20-/m0/s1.